The SMILES string of the molecule is O=S(=O)(Cc1ccccc1F)Cc1ccccc1Cl. The van der Waals surface area contributed by atoms with E-state index in [2.05, 4.69) is 0 Å². The van der Waals surface area contributed by atoms with E-state index in [1.54, 1.807) is 30.3 Å². The van der Waals surface area contributed by atoms with E-state index in [4.69, 9.17) is 11.6 Å². The lowest BCUT2D eigenvalue weighted by Crippen LogP contribution is -2.09. The smallest absolute Gasteiger partial charge is 0.158 e. The third kappa shape index (κ3) is 3.78. The molecule has 0 aliphatic rings. The van der Waals surface area contributed by atoms with E-state index in [1.165, 1.54) is 18.2 Å². The molecule has 0 saturated carbocycles. The van der Waals surface area contributed by atoms with Gasteiger partial charge in [-0.3, -0.25) is 0 Å². The highest BCUT2D eigenvalue weighted by Gasteiger charge is 2.16. The predicted octanol–water partition coefficient (Wildman–Crippen LogP) is 3.59. The molecule has 19 heavy (non-hydrogen) atoms. The molecule has 0 amide bonds. The fraction of sp³-hybridized carbons (Fsp3) is 0.143. The lowest BCUT2D eigenvalue weighted by atomic mass is 10.2. The zero-order valence-electron chi connectivity index (χ0n) is 10.0. The average molecular weight is 299 g/mol. The summed E-state index contributed by atoms with van der Waals surface area (Å²) >= 11 is 5.93. The molecular formula is C14H12ClFO2S. The van der Waals surface area contributed by atoms with Gasteiger partial charge in [0, 0.05) is 10.6 Å². The van der Waals surface area contributed by atoms with Gasteiger partial charge in [0.15, 0.2) is 9.84 Å². The molecular weight excluding hydrogens is 287 g/mol. The second-order valence-corrected chi connectivity index (χ2v) is 6.69. The van der Waals surface area contributed by atoms with Crippen LogP contribution in [0.5, 0.6) is 0 Å². The average Bonchev–Trinajstić information content (AvgIpc) is 2.35. The molecule has 2 aromatic rings. The van der Waals surface area contributed by atoms with Crippen LogP contribution in [0.3, 0.4) is 0 Å². The molecule has 0 aromatic heterocycles. The molecule has 0 saturated heterocycles. The highest BCUT2D eigenvalue weighted by atomic mass is 35.5. The summed E-state index contributed by atoms with van der Waals surface area (Å²) in [5.74, 6) is -1.03. The first-order valence-electron chi connectivity index (χ1n) is 5.65. The molecule has 2 nitrogen and oxygen atoms in total. The van der Waals surface area contributed by atoms with Gasteiger partial charge in [-0.2, -0.15) is 0 Å². The van der Waals surface area contributed by atoms with E-state index in [-0.39, 0.29) is 17.1 Å². The van der Waals surface area contributed by atoms with E-state index >= 15 is 0 Å². The number of halogens is 2. The van der Waals surface area contributed by atoms with Crippen molar-refractivity contribution in [3.8, 4) is 0 Å². The van der Waals surface area contributed by atoms with Crippen molar-refractivity contribution in [2.75, 3.05) is 0 Å². The van der Waals surface area contributed by atoms with E-state index < -0.39 is 15.7 Å². The number of rotatable bonds is 4. The Morgan fingerprint density at radius 2 is 1.42 bits per heavy atom. The Morgan fingerprint density at radius 3 is 2.05 bits per heavy atom. The van der Waals surface area contributed by atoms with E-state index in [0.717, 1.165) is 0 Å². The van der Waals surface area contributed by atoms with Crippen LogP contribution in [-0.2, 0) is 21.3 Å². The normalized spacial score (nSPS) is 11.5. The Labute approximate surface area is 116 Å². The van der Waals surface area contributed by atoms with E-state index in [1.807, 2.05) is 0 Å². The Hall–Kier alpha value is -1.39. The lowest BCUT2D eigenvalue weighted by Gasteiger charge is -2.07. The van der Waals surface area contributed by atoms with Crippen LogP contribution >= 0.6 is 11.6 Å². The summed E-state index contributed by atoms with van der Waals surface area (Å²) in [4.78, 5) is 0. The monoisotopic (exact) mass is 298 g/mol. The first-order valence-corrected chi connectivity index (χ1v) is 7.85. The van der Waals surface area contributed by atoms with Crippen LogP contribution < -0.4 is 0 Å². The standard InChI is InChI=1S/C14H12ClFO2S/c15-13-7-3-1-5-11(13)9-19(17,18)10-12-6-2-4-8-14(12)16/h1-8H,9-10H2. The summed E-state index contributed by atoms with van der Waals surface area (Å²) in [7, 11) is -3.46. The Bertz CT molecular complexity index is 630. The first kappa shape index (κ1) is 14.0. The molecule has 0 unspecified atom stereocenters. The summed E-state index contributed by atoms with van der Waals surface area (Å²) in [6.07, 6.45) is 0. The lowest BCUT2D eigenvalue weighted by molar-refractivity contribution is 0.586. The van der Waals surface area contributed by atoms with Crippen LogP contribution in [0.1, 0.15) is 11.1 Å². The van der Waals surface area contributed by atoms with Crippen LogP contribution in [0.15, 0.2) is 48.5 Å². The van der Waals surface area contributed by atoms with Gasteiger partial charge in [-0.05, 0) is 17.7 Å². The van der Waals surface area contributed by atoms with Crippen LogP contribution in [0.25, 0.3) is 0 Å². The van der Waals surface area contributed by atoms with E-state index in [0.29, 0.717) is 10.6 Å². The maximum atomic E-state index is 13.4. The van der Waals surface area contributed by atoms with Crippen molar-refractivity contribution in [1.82, 2.24) is 0 Å². The van der Waals surface area contributed by atoms with Gasteiger partial charge in [0.25, 0.3) is 0 Å². The second kappa shape index (κ2) is 5.72. The van der Waals surface area contributed by atoms with Gasteiger partial charge in [-0.15, -0.1) is 0 Å². The third-order valence-electron chi connectivity index (χ3n) is 2.67. The third-order valence-corrected chi connectivity index (χ3v) is 4.54. The fourth-order valence-corrected chi connectivity index (χ4v) is 3.57. The minimum absolute atomic E-state index is 0.176. The van der Waals surface area contributed by atoms with Crippen LogP contribution in [-0.4, -0.2) is 8.42 Å². The molecule has 0 N–H and O–H groups in total. The molecule has 0 fully saturated rings. The van der Waals surface area contributed by atoms with Crippen molar-refractivity contribution in [2.24, 2.45) is 0 Å². The fourth-order valence-electron chi connectivity index (χ4n) is 1.76. The highest BCUT2D eigenvalue weighted by Crippen LogP contribution is 2.20. The summed E-state index contributed by atoms with van der Waals surface area (Å²) in [6.45, 7) is 0. The van der Waals surface area contributed by atoms with Gasteiger partial charge < -0.3 is 0 Å². The number of hydrogen-bond acceptors (Lipinski definition) is 2. The number of sulfone groups is 1. The molecule has 2 rings (SSSR count). The van der Waals surface area contributed by atoms with Crippen LogP contribution in [0.2, 0.25) is 5.02 Å². The predicted molar refractivity (Wildman–Crippen MR) is 74.2 cm³/mol. The van der Waals surface area contributed by atoms with Crippen LogP contribution in [0.4, 0.5) is 4.39 Å². The zero-order valence-corrected chi connectivity index (χ0v) is 11.6. The molecule has 0 heterocycles. The molecule has 0 spiro atoms. The van der Waals surface area contributed by atoms with Gasteiger partial charge >= 0.3 is 0 Å². The molecule has 0 radical (unpaired) electrons. The Balaban J connectivity index is 2.21. The van der Waals surface area contributed by atoms with Gasteiger partial charge in [-0.25, -0.2) is 12.8 Å². The molecule has 0 atom stereocenters. The van der Waals surface area contributed by atoms with Crippen molar-refractivity contribution in [2.45, 2.75) is 11.5 Å². The number of hydrogen-bond donors (Lipinski definition) is 0. The summed E-state index contributed by atoms with van der Waals surface area (Å²) in [5, 5.41) is 0.402. The molecule has 0 aliphatic heterocycles. The van der Waals surface area contributed by atoms with Gasteiger partial charge in [-0.1, -0.05) is 48.0 Å². The molecule has 5 heteroatoms. The van der Waals surface area contributed by atoms with Crippen molar-refractivity contribution in [3.05, 3.63) is 70.5 Å². The molecule has 2 aromatic carbocycles. The molecule has 100 valence electrons. The maximum Gasteiger partial charge on any atom is 0.158 e. The highest BCUT2D eigenvalue weighted by molar-refractivity contribution is 7.89. The number of benzene rings is 2. The minimum atomic E-state index is -3.46. The van der Waals surface area contributed by atoms with Gasteiger partial charge in [0.2, 0.25) is 0 Å². The topological polar surface area (TPSA) is 34.1 Å². The largest absolute Gasteiger partial charge is 0.228 e. The van der Waals surface area contributed by atoms with Gasteiger partial charge in [0.05, 0.1) is 11.5 Å². The van der Waals surface area contributed by atoms with Crippen molar-refractivity contribution in [1.29, 1.82) is 0 Å². The quantitative estimate of drug-likeness (QED) is 0.864. The first-order chi connectivity index (χ1) is 8.98. The van der Waals surface area contributed by atoms with Gasteiger partial charge in [0.1, 0.15) is 5.82 Å². The molecule has 0 bridgehead atoms. The van der Waals surface area contributed by atoms with E-state index in [9.17, 15) is 12.8 Å². The summed E-state index contributed by atoms with van der Waals surface area (Å²) < 4.78 is 37.5. The summed E-state index contributed by atoms with van der Waals surface area (Å²) in [5.41, 5.74) is 0.704. The maximum absolute atomic E-state index is 13.4. The van der Waals surface area contributed by atoms with Crippen molar-refractivity contribution < 1.29 is 12.8 Å². The Morgan fingerprint density at radius 1 is 0.895 bits per heavy atom. The van der Waals surface area contributed by atoms with Crippen molar-refractivity contribution in [3.63, 3.8) is 0 Å². The Kier molecular flexibility index (Phi) is 4.22. The summed E-state index contributed by atoms with van der Waals surface area (Å²) in [6, 6.07) is 12.6. The zero-order chi connectivity index (χ0) is 13.9. The van der Waals surface area contributed by atoms with Crippen LogP contribution in [0, 0.1) is 5.82 Å². The molecule has 0 aliphatic carbocycles. The van der Waals surface area contributed by atoms with Crippen molar-refractivity contribution >= 4 is 21.4 Å². The minimum Gasteiger partial charge on any atom is -0.228 e. The second-order valence-electron chi connectivity index (χ2n) is 4.22.